The molecular formula is C30H34ClNO4. The summed E-state index contributed by atoms with van der Waals surface area (Å²) >= 11 is 6.09. The van der Waals surface area contributed by atoms with Gasteiger partial charge in [0.05, 0.1) is 24.2 Å². The van der Waals surface area contributed by atoms with Crippen LogP contribution in [-0.4, -0.2) is 24.5 Å². The molecule has 2 aromatic carbocycles. The van der Waals surface area contributed by atoms with Crippen molar-refractivity contribution >= 4 is 23.4 Å². The minimum Gasteiger partial charge on any atom is -0.491 e. The van der Waals surface area contributed by atoms with Crippen LogP contribution >= 0.6 is 11.6 Å². The number of Topliss-reactive ketones (excluding diaryl/α,β-unsaturated/α-hetero) is 1. The molecule has 1 N–H and O–H groups in total. The molecule has 0 radical (unpaired) electrons. The molecule has 2 aromatic rings. The van der Waals surface area contributed by atoms with Gasteiger partial charge in [-0.3, -0.25) is 4.79 Å². The molecular weight excluding hydrogens is 474 g/mol. The first-order valence-corrected chi connectivity index (χ1v) is 13.0. The minimum atomic E-state index is -0.561. The number of rotatable bonds is 7. The lowest BCUT2D eigenvalue weighted by Gasteiger charge is -2.37. The molecule has 2 aliphatic rings. The quantitative estimate of drug-likeness (QED) is 0.423. The van der Waals surface area contributed by atoms with Crippen LogP contribution in [0.25, 0.3) is 0 Å². The zero-order chi connectivity index (χ0) is 26.0. The summed E-state index contributed by atoms with van der Waals surface area (Å²) in [5.74, 6) is -0.0407. The molecule has 0 amide bonds. The molecule has 0 aromatic heterocycles. The Labute approximate surface area is 218 Å². The number of hydrogen-bond acceptors (Lipinski definition) is 5. The van der Waals surface area contributed by atoms with E-state index in [0.717, 1.165) is 16.8 Å². The van der Waals surface area contributed by atoms with Crippen LogP contribution in [0.15, 0.2) is 71.1 Å². The zero-order valence-corrected chi connectivity index (χ0v) is 22.3. The third kappa shape index (κ3) is 5.52. The number of para-hydroxylation sites is 1. The fourth-order valence-corrected chi connectivity index (χ4v) is 5.12. The fourth-order valence-electron chi connectivity index (χ4n) is 4.99. The number of nitrogens with one attached hydrogen (secondary N) is 1. The molecule has 0 fully saturated rings. The van der Waals surface area contributed by atoms with Crippen molar-refractivity contribution < 1.29 is 19.1 Å². The molecule has 1 heterocycles. The van der Waals surface area contributed by atoms with Gasteiger partial charge < -0.3 is 14.8 Å². The Hall–Kier alpha value is -3.05. The van der Waals surface area contributed by atoms with Crippen molar-refractivity contribution in [3.8, 4) is 5.75 Å². The Kier molecular flexibility index (Phi) is 7.89. The van der Waals surface area contributed by atoms with E-state index in [1.807, 2.05) is 83.1 Å². The maximum absolute atomic E-state index is 13.8. The van der Waals surface area contributed by atoms with E-state index >= 15 is 0 Å². The van der Waals surface area contributed by atoms with Gasteiger partial charge in [0.25, 0.3) is 0 Å². The van der Waals surface area contributed by atoms with Gasteiger partial charge in [0.2, 0.25) is 0 Å². The second-order valence-electron chi connectivity index (χ2n) is 10.3. The second-order valence-corrected chi connectivity index (χ2v) is 10.7. The van der Waals surface area contributed by atoms with Crippen LogP contribution in [0, 0.1) is 5.92 Å². The normalized spacial score (nSPS) is 19.9. The number of halogens is 1. The lowest BCUT2D eigenvalue weighted by molar-refractivity contribution is -0.140. The number of benzene rings is 2. The van der Waals surface area contributed by atoms with E-state index in [0.29, 0.717) is 47.1 Å². The molecule has 5 nitrogen and oxygen atoms in total. The molecule has 6 heteroatoms. The van der Waals surface area contributed by atoms with Gasteiger partial charge in [-0.2, -0.15) is 0 Å². The third-order valence-electron chi connectivity index (χ3n) is 6.53. The van der Waals surface area contributed by atoms with Crippen molar-refractivity contribution in [3.63, 3.8) is 0 Å². The summed E-state index contributed by atoms with van der Waals surface area (Å²) < 4.78 is 11.8. The van der Waals surface area contributed by atoms with Crippen molar-refractivity contribution in [1.82, 2.24) is 5.32 Å². The monoisotopic (exact) mass is 507 g/mol. The van der Waals surface area contributed by atoms with Crippen LogP contribution in [0.1, 0.15) is 70.4 Å². The summed E-state index contributed by atoms with van der Waals surface area (Å²) in [6.45, 7) is 10.1. The van der Waals surface area contributed by atoms with Crippen LogP contribution < -0.4 is 10.1 Å². The number of dihydropyridines is 1. The summed E-state index contributed by atoms with van der Waals surface area (Å²) in [5.41, 5.74) is 4.53. The Bertz CT molecular complexity index is 1210. The SMILES string of the molecule is CC1=C(C(=O)OCC(C)C)[C@@H](c2ccccc2OC(C)C)C2=C(C[C@H](c3ccc(Cl)cc3)CC2=O)N1. The number of hydrogen-bond donors (Lipinski definition) is 1. The van der Waals surface area contributed by atoms with Crippen LogP contribution in [0.4, 0.5) is 0 Å². The van der Waals surface area contributed by atoms with Crippen molar-refractivity contribution in [2.24, 2.45) is 5.92 Å². The lowest BCUT2D eigenvalue weighted by atomic mass is 9.71. The highest BCUT2D eigenvalue weighted by Gasteiger charge is 2.42. The highest BCUT2D eigenvalue weighted by molar-refractivity contribution is 6.30. The van der Waals surface area contributed by atoms with Gasteiger partial charge in [0.15, 0.2) is 5.78 Å². The van der Waals surface area contributed by atoms with Gasteiger partial charge in [0.1, 0.15) is 5.75 Å². The first-order chi connectivity index (χ1) is 17.2. The maximum atomic E-state index is 13.8. The number of esters is 1. The minimum absolute atomic E-state index is 0.0229. The Balaban J connectivity index is 1.81. The van der Waals surface area contributed by atoms with E-state index in [2.05, 4.69) is 5.32 Å². The Morgan fingerprint density at radius 2 is 1.75 bits per heavy atom. The average molecular weight is 508 g/mol. The summed E-state index contributed by atoms with van der Waals surface area (Å²) in [5, 5.41) is 4.08. The number of carbonyl (C=O) groups excluding carboxylic acids is 2. The van der Waals surface area contributed by atoms with Gasteiger partial charge in [-0.05, 0) is 62.8 Å². The zero-order valence-electron chi connectivity index (χ0n) is 21.6. The van der Waals surface area contributed by atoms with Gasteiger partial charge in [-0.1, -0.05) is 55.8 Å². The molecule has 4 rings (SSSR count). The summed E-state index contributed by atoms with van der Waals surface area (Å²) in [6, 6.07) is 15.3. The second kappa shape index (κ2) is 10.9. The number of carbonyl (C=O) groups is 2. The smallest absolute Gasteiger partial charge is 0.336 e. The van der Waals surface area contributed by atoms with Crippen molar-refractivity contribution in [2.45, 2.75) is 65.4 Å². The molecule has 1 aliphatic carbocycles. The fraction of sp³-hybridized carbons (Fsp3) is 0.400. The van der Waals surface area contributed by atoms with E-state index in [1.165, 1.54) is 0 Å². The predicted octanol–water partition coefficient (Wildman–Crippen LogP) is 6.69. The summed E-state index contributed by atoms with van der Waals surface area (Å²) in [7, 11) is 0. The molecule has 0 saturated carbocycles. The topological polar surface area (TPSA) is 64.6 Å². The molecule has 2 atom stereocenters. The van der Waals surface area contributed by atoms with Crippen molar-refractivity contribution in [2.75, 3.05) is 6.61 Å². The molecule has 0 spiro atoms. The molecule has 1 aliphatic heterocycles. The van der Waals surface area contributed by atoms with Gasteiger partial charge in [-0.25, -0.2) is 4.79 Å². The average Bonchev–Trinajstić information content (AvgIpc) is 2.82. The van der Waals surface area contributed by atoms with E-state index in [-0.39, 0.29) is 23.7 Å². The number of ether oxygens (including phenoxy) is 2. The molecule has 36 heavy (non-hydrogen) atoms. The van der Waals surface area contributed by atoms with Crippen LogP contribution in [0.2, 0.25) is 5.02 Å². The third-order valence-corrected chi connectivity index (χ3v) is 6.78. The first kappa shape index (κ1) is 26.0. The maximum Gasteiger partial charge on any atom is 0.336 e. The van der Waals surface area contributed by atoms with Crippen LogP contribution in [-0.2, 0) is 14.3 Å². The van der Waals surface area contributed by atoms with Crippen LogP contribution in [0.5, 0.6) is 5.75 Å². The molecule has 0 unspecified atom stereocenters. The highest BCUT2D eigenvalue weighted by Crippen LogP contribution is 2.47. The van der Waals surface area contributed by atoms with Gasteiger partial charge >= 0.3 is 5.97 Å². The van der Waals surface area contributed by atoms with Crippen molar-refractivity contribution in [3.05, 3.63) is 87.2 Å². The lowest BCUT2D eigenvalue weighted by Crippen LogP contribution is -2.36. The highest BCUT2D eigenvalue weighted by atomic mass is 35.5. The van der Waals surface area contributed by atoms with E-state index < -0.39 is 11.9 Å². The summed E-state index contributed by atoms with van der Waals surface area (Å²) in [4.78, 5) is 27.2. The standard InChI is InChI=1S/C30H34ClNO4/c1-17(2)16-35-30(34)27-19(5)32-24-14-21(20-10-12-22(31)13-11-20)15-25(33)29(24)28(27)23-8-6-7-9-26(23)36-18(3)4/h6-13,17-18,21,28,32H,14-16H2,1-5H3/t21-,28+/m0/s1. The first-order valence-electron chi connectivity index (χ1n) is 12.6. The van der Waals surface area contributed by atoms with E-state index in [9.17, 15) is 9.59 Å². The summed E-state index contributed by atoms with van der Waals surface area (Å²) in [6.07, 6.45) is 0.969. The molecule has 0 saturated heterocycles. The number of allylic oxidation sites excluding steroid dienone is 3. The van der Waals surface area contributed by atoms with Crippen molar-refractivity contribution in [1.29, 1.82) is 0 Å². The predicted molar refractivity (Wildman–Crippen MR) is 142 cm³/mol. The largest absolute Gasteiger partial charge is 0.491 e. The van der Waals surface area contributed by atoms with Crippen LogP contribution in [0.3, 0.4) is 0 Å². The molecule has 0 bridgehead atoms. The van der Waals surface area contributed by atoms with Gasteiger partial charge in [-0.15, -0.1) is 0 Å². The Morgan fingerprint density at radius 3 is 2.42 bits per heavy atom. The van der Waals surface area contributed by atoms with E-state index in [1.54, 1.807) is 0 Å². The van der Waals surface area contributed by atoms with Gasteiger partial charge in [0, 0.05) is 34.0 Å². The molecule has 190 valence electrons. The Morgan fingerprint density at radius 1 is 1.06 bits per heavy atom. The van der Waals surface area contributed by atoms with E-state index in [4.69, 9.17) is 21.1 Å². The number of ketones is 1.